The normalized spacial score (nSPS) is 21.0. The van der Waals surface area contributed by atoms with E-state index in [-0.39, 0.29) is 11.9 Å². The van der Waals surface area contributed by atoms with Gasteiger partial charge in [-0.15, -0.1) is 0 Å². The van der Waals surface area contributed by atoms with Gasteiger partial charge in [0.05, 0.1) is 12.2 Å². The maximum Gasteiger partial charge on any atom is 0.131 e. The van der Waals surface area contributed by atoms with Gasteiger partial charge in [-0.3, -0.25) is 0 Å². The summed E-state index contributed by atoms with van der Waals surface area (Å²) in [6, 6.07) is 4.99. The molecule has 2 atom stereocenters. The topological polar surface area (TPSA) is 32.7 Å². The zero-order valence-corrected chi connectivity index (χ0v) is 12.3. The van der Waals surface area contributed by atoms with Gasteiger partial charge in [0, 0.05) is 30.9 Å². The molecule has 0 saturated carbocycles. The summed E-state index contributed by atoms with van der Waals surface area (Å²) >= 11 is 0. The van der Waals surface area contributed by atoms with Gasteiger partial charge in [-0.05, 0) is 38.3 Å². The monoisotopic (exact) mass is 281 g/mol. The van der Waals surface area contributed by atoms with E-state index in [4.69, 9.17) is 4.74 Å². The van der Waals surface area contributed by atoms with Gasteiger partial charge in [0.25, 0.3) is 0 Å². The van der Waals surface area contributed by atoms with Crippen LogP contribution in [0.2, 0.25) is 0 Å². The van der Waals surface area contributed by atoms with Crippen LogP contribution in [-0.4, -0.2) is 30.9 Å². The Balaban J connectivity index is 2.16. The van der Waals surface area contributed by atoms with Gasteiger partial charge in [-0.25, -0.2) is 4.39 Å². The Hall–Kier alpha value is -1.13. The van der Waals surface area contributed by atoms with Gasteiger partial charge in [-0.2, -0.15) is 0 Å². The summed E-state index contributed by atoms with van der Waals surface area (Å²) in [4.78, 5) is 2.13. The molecule has 1 unspecified atom stereocenters. The summed E-state index contributed by atoms with van der Waals surface area (Å²) in [7, 11) is 0. The highest BCUT2D eigenvalue weighted by atomic mass is 19.1. The van der Waals surface area contributed by atoms with Gasteiger partial charge in [0.1, 0.15) is 5.82 Å². The first-order valence-corrected chi connectivity index (χ1v) is 7.46. The Morgan fingerprint density at radius 3 is 3.00 bits per heavy atom. The number of hydrogen-bond donors (Lipinski definition) is 1. The smallest absolute Gasteiger partial charge is 0.131 e. The van der Waals surface area contributed by atoms with Crippen molar-refractivity contribution in [3.05, 3.63) is 29.6 Å². The molecule has 1 saturated heterocycles. The van der Waals surface area contributed by atoms with E-state index in [0.29, 0.717) is 5.56 Å². The molecule has 2 rings (SSSR count). The first-order chi connectivity index (χ1) is 9.63. The zero-order valence-electron chi connectivity index (χ0n) is 12.3. The van der Waals surface area contributed by atoms with Crippen LogP contribution in [0.25, 0.3) is 0 Å². The van der Waals surface area contributed by atoms with E-state index in [1.54, 1.807) is 13.0 Å². The predicted molar refractivity (Wildman–Crippen MR) is 78.5 cm³/mol. The van der Waals surface area contributed by atoms with Crippen LogP contribution in [0.5, 0.6) is 0 Å². The molecule has 112 valence electrons. The van der Waals surface area contributed by atoms with Crippen molar-refractivity contribution in [3.8, 4) is 0 Å². The summed E-state index contributed by atoms with van der Waals surface area (Å²) < 4.78 is 19.8. The van der Waals surface area contributed by atoms with Crippen molar-refractivity contribution in [2.45, 2.75) is 45.3 Å². The average molecular weight is 281 g/mol. The van der Waals surface area contributed by atoms with Crippen LogP contribution in [0.3, 0.4) is 0 Å². The van der Waals surface area contributed by atoms with E-state index in [1.807, 2.05) is 6.07 Å². The Kier molecular flexibility index (Phi) is 5.38. The van der Waals surface area contributed by atoms with Crippen molar-refractivity contribution in [2.24, 2.45) is 0 Å². The number of aliphatic hydroxyl groups excluding tert-OH is 1. The molecule has 1 aliphatic rings. The predicted octanol–water partition coefficient (Wildman–Crippen LogP) is 3.27. The Morgan fingerprint density at radius 2 is 2.30 bits per heavy atom. The highest BCUT2D eigenvalue weighted by Crippen LogP contribution is 2.31. The Labute approximate surface area is 120 Å². The molecule has 0 bridgehead atoms. The molecule has 0 radical (unpaired) electrons. The largest absolute Gasteiger partial charge is 0.389 e. The number of nitrogens with zero attached hydrogens (tertiary/aromatic N) is 1. The standard InChI is InChI=1S/C16H24FNO2/c1-3-10-20-13-6-5-9-18(11-13)15-8-4-7-14(17)16(15)12(2)19/h4,7-8,12-13,19H,3,5-6,9-11H2,1-2H3/t12-,13?/m1/s1. The lowest BCUT2D eigenvalue weighted by Crippen LogP contribution is -2.40. The molecule has 1 heterocycles. The minimum atomic E-state index is -0.803. The van der Waals surface area contributed by atoms with Crippen molar-refractivity contribution in [1.82, 2.24) is 0 Å². The molecule has 1 fully saturated rings. The first kappa shape index (κ1) is 15.3. The maximum atomic E-state index is 13.9. The van der Waals surface area contributed by atoms with E-state index in [2.05, 4.69) is 11.8 Å². The van der Waals surface area contributed by atoms with Crippen molar-refractivity contribution in [1.29, 1.82) is 0 Å². The summed E-state index contributed by atoms with van der Waals surface area (Å²) in [6.45, 7) is 6.12. The number of aliphatic hydroxyl groups is 1. The molecule has 0 spiro atoms. The van der Waals surface area contributed by atoms with Crippen molar-refractivity contribution >= 4 is 5.69 Å². The number of hydrogen-bond acceptors (Lipinski definition) is 3. The fraction of sp³-hybridized carbons (Fsp3) is 0.625. The number of anilines is 1. The van der Waals surface area contributed by atoms with Gasteiger partial charge in [0.15, 0.2) is 0 Å². The van der Waals surface area contributed by atoms with Crippen molar-refractivity contribution in [2.75, 3.05) is 24.6 Å². The van der Waals surface area contributed by atoms with E-state index >= 15 is 0 Å². The molecular formula is C16H24FNO2. The molecule has 1 aliphatic heterocycles. The zero-order chi connectivity index (χ0) is 14.5. The third-order valence-corrected chi connectivity index (χ3v) is 3.72. The Bertz CT molecular complexity index is 436. The second kappa shape index (κ2) is 7.04. The molecule has 1 aromatic rings. The summed E-state index contributed by atoms with van der Waals surface area (Å²) in [5.74, 6) is -0.339. The molecule has 20 heavy (non-hydrogen) atoms. The van der Waals surface area contributed by atoms with Crippen molar-refractivity contribution < 1.29 is 14.2 Å². The van der Waals surface area contributed by atoms with Gasteiger partial charge in [-0.1, -0.05) is 13.0 Å². The minimum absolute atomic E-state index is 0.203. The molecule has 4 heteroatoms. The molecule has 0 amide bonds. The van der Waals surface area contributed by atoms with Crippen LogP contribution in [0.1, 0.15) is 44.8 Å². The van der Waals surface area contributed by atoms with E-state index in [9.17, 15) is 9.50 Å². The number of rotatable bonds is 5. The quantitative estimate of drug-likeness (QED) is 0.899. The van der Waals surface area contributed by atoms with Crippen LogP contribution in [0.4, 0.5) is 10.1 Å². The number of benzene rings is 1. The molecule has 0 aromatic heterocycles. The highest BCUT2D eigenvalue weighted by molar-refractivity contribution is 5.55. The van der Waals surface area contributed by atoms with Crippen LogP contribution < -0.4 is 4.90 Å². The number of ether oxygens (including phenoxy) is 1. The molecule has 1 aromatic carbocycles. The SMILES string of the molecule is CCCOC1CCCN(c2cccc(F)c2[C@@H](C)O)C1. The lowest BCUT2D eigenvalue weighted by Gasteiger charge is -2.35. The number of halogens is 1. The van der Waals surface area contributed by atoms with Gasteiger partial charge < -0.3 is 14.7 Å². The fourth-order valence-corrected chi connectivity index (χ4v) is 2.79. The third kappa shape index (κ3) is 3.49. The Morgan fingerprint density at radius 1 is 1.50 bits per heavy atom. The summed E-state index contributed by atoms with van der Waals surface area (Å²) in [5.41, 5.74) is 1.19. The van der Waals surface area contributed by atoms with E-state index in [0.717, 1.165) is 44.6 Å². The second-order valence-corrected chi connectivity index (χ2v) is 5.43. The highest BCUT2D eigenvalue weighted by Gasteiger charge is 2.24. The number of piperidine rings is 1. The molecular weight excluding hydrogens is 257 g/mol. The molecule has 3 nitrogen and oxygen atoms in total. The lowest BCUT2D eigenvalue weighted by molar-refractivity contribution is 0.0439. The lowest BCUT2D eigenvalue weighted by atomic mass is 10.0. The van der Waals surface area contributed by atoms with E-state index in [1.165, 1.54) is 6.07 Å². The first-order valence-electron chi connectivity index (χ1n) is 7.46. The van der Waals surface area contributed by atoms with Gasteiger partial charge in [0.2, 0.25) is 0 Å². The van der Waals surface area contributed by atoms with Crippen LogP contribution in [0.15, 0.2) is 18.2 Å². The molecule has 1 N–H and O–H groups in total. The fourth-order valence-electron chi connectivity index (χ4n) is 2.79. The average Bonchev–Trinajstić information content (AvgIpc) is 2.44. The van der Waals surface area contributed by atoms with E-state index < -0.39 is 6.10 Å². The van der Waals surface area contributed by atoms with Crippen LogP contribution >= 0.6 is 0 Å². The van der Waals surface area contributed by atoms with Gasteiger partial charge >= 0.3 is 0 Å². The summed E-state index contributed by atoms with van der Waals surface area (Å²) in [5, 5.41) is 9.83. The third-order valence-electron chi connectivity index (χ3n) is 3.72. The van der Waals surface area contributed by atoms with Crippen LogP contribution in [0, 0.1) is 5.82 Å². The summed E-state index contributed by atoms with van der Waals surface area (Å²) in [6.07, 6.45) is 2.49. The minimum Gasteiger partial charge on any atom is -0.389 e. The van der Waals surface area contributed by atoms with Crippen LogP contribution in [-0.2, 0) is 4.74 Å². The second-order valence-electron chi connectivity index (χ2n) is 5.43. The molecule has 0 aliphatic carbocycles. The maximum absolute atomic E-state index is 13.9. The van der Waals surface area contributed by atoms with Crippen molar-refractivity contribution in [3.63, 3.8) is 0 Å².